The zero-order valence-electron chi connectivity index (χ0n) is 8.49. The van der Waals surface area contributed by atoms with Crippen LogP contribution in [0.5, 0.6) is 0 Å². The van der Waals surface area contributed by atoms with Crippen LogP contribution in [0.2, 0.25) is 0 Å². The molecule has 0 saturated carbocycles. The van der Waals surface area contributed by atoms with Crippen molar-refractivity contribution in [3.63, 3.8) is 0 Å². The maximum absolute atomic E-state index is 11.2. The van der Waals surface area contributed by atoms with E-state index in [0.717, 1.165) is 11.2 Å². The third-order valence-electron chi connectivity index (χ3n) is 2.26. The number of hydrogen-bond acceptors (Lipinski definition) is 4. The number of nitrogens with two attached hydrogens (primary N) is 1. The van der Waals surface area contributed by atoms with Gasteiger partial charge < -0.3 is 15.5 Å². The summed E-state index contributed by atoms with van der Waals surface area (Å²) in [6, 6.07) is 5.51. The number of fused-ring (bicyclic) bond motifs is 1. The Morgan fingerprint density at radius 3 is 3.07 bits per heavy atom. The van der Waals surface area contributed by atoms with Crippen LogP contribution in [-0.2, 0) is 7.05 Å². The van der Waals surface area contributed by atoms with Crippen LogP contribution in [0.3, 0.4) is 0 Å². The Bertz CT molecular complexity index is 527. The van der Waals surface area contributed by atoms with Gasteiger partial charge in [-0.25, -0.2) is 4.79 Å². The third-order valence-corrected chi connectivity index (χ3v) is 2.26. The number of benzene rings is 1. The number of aryl methyl sites for hydroxylation is 1. The van der Waals surface area contributed by atoms with Gasteiger partial charge >= 0.3 is 5.76 Å². The fourth-order valence-corrected chi connectivity index (χ4v) is 1.45. The van der Waals surface area contributed by atoms with Gasteiger partial charge in [-0.15, -0.1) is 0 Å². The van der Waals surface area contributed by atoms with Crippen molar-refractivity contribution >= 4 is 16.8 Å². The summed E-state index contributed by atoms with van der Waals surface area (Å²) in [5.41, 5.74) is 7.70. The highest BCUT2D eigenvalue weighted by Gasteiger charge is 2.05. The van der Waals surface area contributed by atoms with E-state index >= 15 is 0 Å². The minimum atomic E-state index is -0.346. The van der Waals surface area contributed by atoms with Gasteiger partial charge in [-0.3, -0.25) is 4.57 Å². The van der Waals surface area contributed by atoms with E-state index in [1.165, 1.54) is 4.57 Å². The van der Waals surface area contributed by atoms with Crippen molar-refractivity contribution in [3.05, 3.63) is 28.7 Å². The molecule has 3 N–H and O–H groups in total. The first-order valence-corrected chi connectivity index (χ1v) is 4.76. The normalized spacial score (nSPS) is 10.8. The molecule has 0 aliphatic carbocycles. The molecule has 0 fully saturated rings. The Balaban J connectivity index is 2.45. The van der Waals surface area contributed by atoms with E-state index in [-0.39, 0.29) is 5.76 Å². The van der Waals surface area contributed by atoms with Crippen LogP contribution in [0.4, 0.5) is 5.69 Å². The zero-order chi connectivity index (χ0) is 10.8. The fourth-order valence-electron chi connectivity index (χ4n) is 1.45. The average Bonchev–Trinajstić information content (AvgIpc) is 2.52. The van der Waals surface area contributed by atoms with Crippen molar-refractivity contribution in [1.82, 2.24) is 4.57 Å². The molecule has 2 aromatic rings. The molecule has 1 aromatic carbocycles. The van der Waals surface area contributed by atoms with E-state index in [4.69, 9.17) is 10.2 Å². The van der Waals surface area contributed by atoms with Crippen molar-refractivity contribution in [1.29, 1.82) is 0 Å². The Morgan fingerprint density at radius 2 is 2.33 bits per heavy atom. The first-order chi connectivity index (χ1) is 7.22. The standard InChI is InChI=1S/C10H13N3O2/c1-13-8-6-7(12-5-4-11)2-3-9(8)15-10(13)14/h2-3,6,12H,4-5,11H2,1H3. The van der Waals surface area contributed by atoms with Crippen LogP contribution in [0, 0.1) is 0 Å². The van der Waals surface area contributed by atoms with Crippen LogP contribution in [-0.4, -0.2) is 17.7 Å². The largest absolute Gasteiger partial charge is 0.419 e. The topological polar surface area (TPSA) is 73.2 Å². The van der Waals surface area contributed by atoms with Gasteiger partial charge in [-0.2, -0.15) is 0 Å². The minimum Gasteiger partial charge on any atom is -0.408 e. The number of aromatic nitrogens is 1. The lowest BCUT2D eigenvalue weighted by Gasteiger charge is -2.03. The van der Waals surface area contributed by atoms with Crippen LogP contribution in [0.1, 0.15) is 0 Å². The average molecular weight is 207 g/mol. The summed E-state index contributed by atoms with van der Waals surface area (Å²) in [5, 5.41) is 3.14. The van der Waals surface area contributed by atoms with Crippen LogP contribution in [0.25, 0.3) is 11.1 Å². The molecule has 0 radical (unpaired) electrons. The van der Waals surface area contributed by atoms with Crippen LogP contribution < -0.4 is 16.8 Å². The predicted molar refractivity (Wildman–Crippen MR) is 59.0 cm³/mol. The third kappa shape index (κ3) is 1.73. The number of oxazole rings is 1. The highest BCUT2D eigenvalue weighted by atomic mass is 16.4. The first-order valence-electron chi connectivity index (χ1n) is 4.76. The molecule has 5 heteroatoms. The second-order valence-corrected chi connectivity index (χ2v) is 3.32. The predicted octanol–water partition coefficient (Wildman–Crippen LogP) is 0.502. The lowest BCUT2D eigenvalue weighted by molar-refractivity contribution is 0.528. The second kappa shape index (κ2) is 3.78. The summed E-state index contributed by atoms with van der Waals surface area (Å²) in [4.78, 5) is 11.2. The summed E-state index contributed by atoms with van der Waals surface area (Å²) in [6.45, 7) is 1.28. The Hall–Kier alpha value is -1.75. The molecule has 5 nitrogen and oxygen atoms in total. The molecule has 0 unspecified atom stereocenters. The first kappa shape index (κ1) is 9.79. The number of nitrogens with zero attached hydrogens (tertiary/aromatic N) is 1. The molecule has 0 saturated heterocycles. The van der Waals surface area contributed by atoms with Gasteiger partial charge in [0, 0.05) is 25.8 Å². The van der Waals surface area contributed by atoms with E-state index in [2.05, 4.69) is 5.32 Å². The van der Waals surface area contributed by atoms with Crippen molar-refractivity contribution < 1.29 is 4.42 Å². The smallest absolute Gasteiger partial charge is 0.408 e. The van der Waals surface area contributed by atoms with Gasteiger partial charge in [-0.05, 0) is 18.2 Å². The van der Waals surface area contributed by atoms with Crippen LogP contribution in [0.15, 0.2) is 27.4 Å². The number of rotatable bonds is 3. The van der Waals surface area contributed by atoms with Gasteiger partial charge in [0.05, 0.1) is 5.52 Å². The SMILES string of the molecule is Cn1c(=O)oc2ccc(NCCN)cc21. The molecule has 2 rings (SSSR count). The number of nitrogens with one attached hydrogen (secondary N) is 1. The van der Waals surface area contributed by atoms with Crippen LogP contribution >= 0.6 is 0 Å². The molecule has 0 atom stereocenters. The van der Waals surface area contributed by atoms with E-state index in [9.17, 15) is 4.79 Å². The molecule has 0 amide bonds. The molecule has 0 aliphatic rings. The number of hydrogen-bond donors (Lipinski definition) is 2. The fraction of sp³-hybridized carbons (Fsp3) is 0.300. The van der Waals surface area contributed by atoms with Gasteiger partial charge in [0.2, 0.25) is 0 Å². The van der Waals surface area contributed by atoms with Gasteiger partial charge in [0.25, 0.3) is 0 Å². The van der Waals surface area contributed by atoms with Crippen molar-refractivity contribution in [2.24, 2.45) is 12.8 Å². The van der Waals surface area contributed by atoms with Crippen molar-refractivity contribution in [2.45, 2.75) is 0 Å². The number of anilines is 1. The molecule has 15 heavy (non-hydrogen) atoms. The molecule has 1 aromatic heterocycles. The Morgan fingerprint density at radius 1 is 1.53 bits per heavy atom. The molecule has 0 aliphatic heterocycles. The quantitative estimate of drug-likeness (QED) is 0.768. The highest BCUT2D eigenvalue weighted by Crippen LogP contribution is 2.17. The van der Waals surface area contributed by atoms with Gasteiger partial charge in [-0.1, -0.05) is 0 Å². The Kier molecular flexibility index (Phi) is 2.47. The summed E-state index contributed by atoms with van der Waals surface area (Å²) in [7, 11) is 1.68. The summed E-state index contributed by atoms with van der Waals surface area (Å²) in [5.74, 6) is -0.346. The van der Waals surface area contributed by atoms with Gasteiger partial charge in [0.1, 0.15) is 0 Å². The lowest BCUT2D eigenvalue weighted by atomic mass is 10.3. The molecule has 0 bridgehead atoms. The van der Waals surface area contributed by atoms with E-state index in [1.54, 1.807) is 13.1 Å². The second-order valence-electron chi connectivity index (χ2n) is 3.32. The summed E-state index contributed by atoms with van der Waals surface area (Å²) >= 11 is 0. The zero-order valence-corrected chi connectivity index (χ0v) is 8.49. The van der Waals surface area contributed by atoms with Crippen molar-refractivity contribution in [2.75, 3.05) is 18.4 Å². The van der Waals surface area contributed by atoms with Crippen molar-refractivity contribution in [3.8, 4) is 0 Å². The minimum absolute atomic E-state index is 0.346. The maximum atomic E-state index is 11.2. The van der Waals surface area contributed by atoms with E-state index in [1.807, 2.05) is 12.1 Å². The summed E-state index contributed by atoms with van der Waals surface area (Å²) in [6.07, 6.45) is 0. The molecular formula is C10H13N3O2. The monoisotopic (exact) mass is 207 g/mol. The summed E-state index contributed by atoms with van der Waals surface area (Å²) < 4.78 is 6.49. The molecule has 0 spiro atoms. The van der Waals surface area contributed by atoms with Gasteiger partial charge in [0.15, 0.2) is 5.58 Å². The van der Waals surface area contributed by atoms with E-state index < -0.39 is 0 Å². The Labute approximate surface area is 86.5 Å². The highest BCUT2D eigenvalue weighted by molar-refractivity contribution is 5.77. The molecule has 80 valence electrons. The molecule has 1 heterocycles. The lowest BCUT2D eigenvalue weighted by Crippen LogP contribution is -2.13. The van der Waals surface area contributed by atoms with E-state index in [0.29, 0.717) is 18.7 Å². The maximum Gasteiger partial charge on any atom is 0.419 e. The molecular weight excluding hydrogens is 194 g/mol.